The maximum atomic E-state index is 13.3. The van der Waals surface area contributed by atoms with Crippen LogP contribution in [0.3, 0.4) is 0 Å². The third kappa shape index (κ3) is 5.17. The van der Waals surface area contributed by atoms with E-state index < -0.39 is 20.0 Å². The van der Waals surface area contributed by atoms with Crippen LogP contribution in [0.1, 0.15) is 45.1 Å². The molecular weight excluding hydrogens is 458 g/mol. The normalized spacial score (nSPS) is 24.1. The van der Waals surface area contributed by atoms with Gasteiger partial charge in [-0.2, -0.15) is 8.61 Å². The van der Waals surface area contributed by atoms with E-state index in [0.29, 0.717) is 19.8 Å². The summed E-state index contributed by atoms with van der Waals surface area (Å²) in [4.78, 5) is 2.39. The van der Waals surface area contributed by atoms with Gasteiger partial charge in [0.25, 0.3) is 0 Å². The number of benzene rings is 2. The lowest BCUT2D eigenvalue weighted by Crippen LogP contribution is -2.47. The first-order chi connectivity index (χ1) is 15.7. The zero-order valence-corrected chi connectivity index (χ0v) is 20.9. The van der Waals surface area contributed by atoms with Gasteiger partial charge in [-0.1, -0.05) is 36.8 Å². The SMILES string of the molecule is C[C@@H]1CCC[C@H](C)N1S(=O)(=O)c1ccc(S(=O)(=O)N2CCCN(Cc3ccccc3)C2)cc1. The minimum Gasteiger partial charge on any atom is -0.285 e. The average Bonchev–Trinajstić information content (AvgIpc) is 2.80. The van der Waals surface area contributed by atoms with Crippen LogP contribution in [0, 0.1) is 0 Å². The van der Waals surface area contributed by atoms with Crippen molar-refractivity contribution in [1.29, 1.82) is 0 Å². The molecule has 9 heteroatoms. The second-order valence-electron chi connectivity index (χ2n) is 9.15. The maximum absolute atomic E-state index is 13.3. The van der Waals surface area contributed by atoms with Crippen LogP contribution in [0.5, 0.6) is 0 Å². The van der Waals surface area contributed by atoms with Crippen molar-refractivity contribution < 1.29 is 16.8 Å². The summed E-state index contributed by atoms with van der Waals surface area (Å²) in [5.74, 6) is 0. The van der Waals surface area contributed by atoms with Crippen molar-refractivity contribution in [2.75, 3.05) is 19.8 Å². The lowest BCUT2D eigenvalue weighted by molar-refractivity contribution is 0.140. The van der Waals surface area contributed by atoms with Crippen LogP contribution in [0.25, 0.3) is 0 Å². The van der Waals surface area contributed by atoms with Gasteiger partial charge in [-0.3, -0.25) is 4.90 Å². The molecule has 0 aromatic heterocycles. The van der Waals surface area contributed by atoms with Gasteiger partial charge in [0.05, 0.1) is 16.5 Å². The van der Waals surface area contributed by atoms with E-state index >= 15 is 0 Å². The Kier molecular flexibility index (Phi) is 7.26. The summed E-state index contributed by atoms with van der Waals surface area (Å²) in [5, 5.41) is 0. The molecule has 2 saturated heterocycles. The van der Waals surface area contributed by atoms with Crippen LogP contribution in [-0.4, -0.2) is 62.2 Å². The van der Waals surface area contributed by atoms with Crippen molar-refractivity contribution in [3.8, 4) is 0 Å². The Hall–Kier alpha value is -1.78. The predicted octanol–water partition coefficient (Wildman–Crippen LogP) is 3.49. The van der Waals surface area contributed by atoms with Crippen molar-refractivity contribution in [2.45, 2.75) is 68.0 Å². The monoisotopic (exact) mass is 491 g/mol. The summed E-state index contributed by atoms with van der Waals surface area (Å²) < 4.78 is 56.1. The van der Waals surface area contributed by atoms with Crippen molar-refractivity contribution >= 4 is 20.0 Å². The lowest BCUT2D eigenvalue weighted by atomic mass is 10.0. The zero-order chi connectivity index (χ0) is 23.6. The molecule has 2 fully saturated rings. The Labute approximate surface area is 198 Å². The van der Waals surface area contributed by atoms with Gasteiger partial charge in [0.15, 0.2) is 0 Å². The Morgan fingerprint density at radius 2 is 1.33 bits per heavy atom. The fraction of sp³-hybridized carbons (Fsp3) is 0.500. The summed E-state index contributed by atoms with van der Waals surface area (Å²) in [6.07, 6.45) is 3.45. The van der Waals surface area contributed by atoms with Crippen LogP contribution in [0.2, 0.25) is 0 Å². The van der Waals surface area contributed by atoms with E-state index in [2.05, 4.69) is 4.90 Å². The van der Waals surface area contributed by atoms with Crippen LogP contribution < -0.4 is 0 Å². The first-order valence-electron chi connectivity index (χ1n) is 11.6. The summed E-state index contributed by atoms with van der Waals surface area (Å²) in [6.45, 7) is 6.17. The largest absolute Gasteiger partial charge is 0.285 e. The molecule has 0 N–H and O–H groups in total. The summed E-state index contributed by atoms with van der Waals surface area (Å²) >= 11 is 0. The summed E-state index contributed by atoms with van der Waals surface area (Å²) in [6, 6.07) is 15.6. The molecule has 0 spiro atoms. The Bertz CT molecular complexity index is 1140. The van der Waals surface area contributed by atoms with Gasteiger partial charge in [0, 0.05) is 31.7 Å². The molecule has 33 heavy (non-hydrogen) atoms. The molecule has 0 amide bonds. The van der Waals surface area contributed by atoms with E-state index in [-0.39, 0.29) is 21.9 Å². The lowest BCUT2D eigenvalue weighted by Gasteiger charge is -2.37. The van der Waals surface area contributed by atoms with E-state index in [1.165, 1.54) is 28.6 Å². The first kappa shape index (κ1) is 24.3. The molecule has 0 radical (unpaired) electrons. The number of piperidine rings is 1. The molecule has 180 valence electrons. The van der Waals surface area contributed by atoms with Crippen LogP contribution in [0.4, 0.5) is 0 Å². The highest BCUT2D eigenvalue weighted by atomic mass is 32.2. The topological polar surface area (TPSA) is 78.0 Å². The molecule has 2 heterocycles. The van der Waals surface area contributed by atoms with E-state index in [4.69, 9.17) is 0 Å². The zero-order valence-electron chi connectivity index (χ0n) is 19.3. The van der Waals surface area contributed by atoms with Gasteiger partial charge in [0.2, 0.25) is 20.0 Å². The molecule has 2 aliphatic rings. The quantitative estimate of drug-likeness (QED) is 0.618. The van der Waals surface area contributed by atoms with Crippen molar-refractivity contribution in [1.82, 2.24) is 13.5 Å². The van der Waals surface area contributed by atoms with Gasteiger partial charge in [0.1, 0.15) is 0 Å². The van der Waals surface area contributed by atoms with E-state index in [9.17, 15) is 16.8 Å². The predicted molar refractivity (Wildman–Crippen MR) is 128 cm³/mol. The van der Waals surface area contributed by atoms with E-state index in [0.717, 1.165) is 37.8 Å². The minimum atomic E-state index is -3.71. The van der Waals surface area contributed by atoms with Crippen LogP contribution >= 0.6 is 0 Å². The molecule has 4 rings (SSSR count). The number of sulfonamides is 2. The summed E-state index contributed by atoms with van der Waals surface area (Å²) in [7, 11) is -7.39. The van der Waals surface area contributed by atoms with Crippen LogP contribution in [0.15, 0.2) is 64.4 Å². The van der Waals surface area contributed by atoms with Gasteiger partial charge in [-0.05, 0) is 62.9 Å². The molecule has 2 aliphatic heterocycles. The molecule has 2 atom stereocenters. The van der Waals surface area contributed by atoms with E-state index in [1.54, 1.807) is 4.31 Å². The molecule has 2 aromatic rings. The third-order valence-electron chi connectivity index (χ3n) is 6.64. The smallest absolute Gasteiger partial charge is 0.244 e. The van der Waals surface area contributed by atoms with Crippen molar-refractivity contribution in [3.05, 3.63) is 60.2 Å². The number of nitrogens with zero attached hydrogens (tertiary/aromatic N) is 3. The van der Waals surface area contributed by atoms with Crippen molar-refractivity contribution in [2.24, 2.45) is 0 Å². The maximum Gasteiger partial charge on any atom is 0.244 e. The van der Waals surface area contributed by atoms with Crippen LogP contribution in [-0.2, 0) is 26.6 Å². The minimum absolute atomic E-state index is 0.0638. The van der Waals surface area contributed by atoms with Gasteiger partial charge < -0.3 is 0 Å². The third-order valence-corrected chi connectivity index (χ3v) is 10.6. The summed E-state index contributed by atoms with van der Waals surface area (Å²) in [5.41, 5.74) is 1.15. The Balaban J connectivity index is 1.50. The molecule has 0 saturated carbocycles. The Morgan fingerprint density at radius 3 is 1.94 bits per heavy atom. The molecule has 0 bridgehead atoms. The fourth-order valence-electron chi connectivity index (χ4n) is 4.93. The first-order valence-corrected chi connectivity index (χ1v) is 14.5. The highest BCUT2D eigenvalue weighted by Crippen LogP contribution is 2.30. The molecule has 0 aliphatic carbocycles. The van der Waals surface area contributed by atoms with Gasteiger partial charge >= 0.3 is 0 Å². The van der Waals surface area contributed by atoms with Crippen molar-refractivity contribution in [3.63, 3.8) is 0 Å². The second-order valence-corrected chi connectivity index (χ2v) is 12.9. The van der Waals surface area contributed by atoms with Gasteiger partial charge in [-0.25, -0.2) is 16.8 Å². The molecule has 0 unspecified atom stereocenters. The second kappa shape index (κ2) is 9.84. The molecule has 2 aromatic carbocycles. The molecular formula is C24H33N3O4S2. The van der Waals surface area contributed by atoms with E-state index in [1.807, 2.05) is 44.2 Å². The average molecular weight is 492 g/mol. The highest BCUT2D eigenvalue weighted by Gasteiger charge is 2.36. The number of rotatable bonds is 6. The number of hydrogen-bond donors (Lipinski definition) is 0. The van der Waals surface area contributed by atoms with Gasteiger partial charge in [-0.15, -0.1) is 0 Å². The Morgan fingerprint density at radius 1 is 0.758 bits per heavy atom. The highest BCUT2D eigenvalue weighted by molar-refractivity contribution is 7.89. The number of hydrogen-bond acceptors (Lipinski definition) is 5. The molecule has 7 nitrogen and oxygen atoms in total. The standard InChI is InChI=1S/C24H33N3O4S2/c1-20-8-6-9-21(2)27(20)33(30,31)24-14-12-23(13-15-24)32(28,29)26-17-7-16-25(19-26)18-22-10-4-3-5-11-22/h3-5,10-15,20-21H,6-9,16-19H2,1-2H3/t20-,21+. The fourth-order valence-corrected chi connectivity index (χ4v) is 8.27.